The largest absolute Gasteiger partial charge is 0.496 e. The molecule has 0 amide bonds. The molecule has 32 heavy (non-hydrogen) atoms. The molecule has 0 unspecified atom stereocenters. The second kappa shape index (κ2) is 10.1. The molecule has 2 aromatic rings. The molecule has 1 heterocycles. The van der Waals surface area contributed by atoms with Crippen molar-refractivity contribution in [3.05, 3.63) is 29.5 Å². The van der Waals surface area contributed by atoms with E-state index in [0.717, 1.165) is 22.0 Å². The van der Waals surface area contributed by atoms with E-state index in [4.69, 9.17) is 9.47 Å². The molecule has 180 valence electrons. The summed E-state index contributed by atoms with van der Waals surface area (Å²) >= 11 is 0. The smallest absolute Gasteiger partial charge is 0.419 e. The van der Waals surface area contributed by atoms with Gasteiger partial charge in [0, 0.05) is 43.3 Å². The quantitative estimate of drug-likeness (QED) is 0.555. The third kappa shape index (κ3) is 7.13. The van der Waals surface area contributed by atoms with Crippen molar-refractivity contribution in [1.29, 1.82) is 0 Å². The number of ether oxygens (including phenoxy) is 2. The van der Waals surface area contributed by atoms with Crippen molar-refractivity contribution >= 4 is 17.0 Å². The summed E-state index contributed by atoms with van der Waals surface area (Å²) in [6.07, 6.45) is -3.73. The Morgan fingerprint density at radius 2 is 1.72 bits per heavy atom. The van der Waals surface area contributed by atoms with Crippen LogP contribution in [0.15, 0.2) is 18.3 Å². The number of fused-ring (bicyclic) bond motifs is 1. The van der Waals surface area contributed by atoms with Crippen molar-refractivity contribution in [3.63, 3.8) is 0 Å². The fourth-order valence-electron chi connectivity index (χ4n) is 3.49. The fourth-order valence-corrected chi connectivity index (χ4v) is 3.49. The number of likely N-dealkylation sites (N-methyl/N-ethyl adjacent to an activating group) is 2. The molecule has 9 heteroatoms. The van der Waals surface area contributed by atoms with Gasteiger partial charge in [0.15, 0.2) is 0 Å². The monoisotopic (exact) mass is 457 g/mol. The number of methoxy groups -OCH3 is 1. The van der Waals surface area contributed by atoms with Crippen molar-refractivity contribution in [1.82, 2.24) is 14.4 Å². The highest BCUT2D eigenvalue weighted by molar-refractivity contribution is 5.95. The molecule has 0 aliphatic carbocycles. The SMILES string of the molecule is COc1cc(C)c2c(ccn2C(=O)OC(C)(C)C)c1CN(C)CCN(C)CCC(F)(F)F. The number of alkyl halides is 3. The Balaban J connectivity index is 2.22. The average Bonchev–Trinajstić information content (AvgIpc) is 3.11. The number of hydrogen-bond acceptors (Lipinski definition) is 5. The summed E-state index contributed by atoms with van der Waals surface area (Å²) in [6.45, 7) is 8.94. The van der Waals surface area contributed by atoms with E-state index in [1.54, 1.807) is 25.3 Å². The molecule has 0 spiro atoms. The lowest BCUT2D eigenvalue weighted by atomic mass is 10.0. The molecule has 6 nitrogen and oxygen atoms in total. The second-order valence-electron chi connectivity index (χ2n) is 9.21. The zero-order valence-corrected chi connectivity index (χ0v) is 20.0. The van der Waals surface area contributed by atoms with E-state index in [9.17, 15) is 18.0 Å². The van der Waals surface area contributed by atoms with Crippen LogP contribution in [0.3, 0.4) is 0 Å². The molecule has 1 aromatic carbocycles. The predicted octanol–water partition coefficient (Wildman–Crippen LogP) is 5.06. The van der Waals surface area contributed by atoms with Gasteiger partial charge in [0.1, 0.15) is 11.4 Å². The summed E-state index contributed by atoms with van der Waals surface area (Å²) in [5.41, 5.74) is 1.93. The zero-order chi connectivity index (χ0) is 24.3. The van der Waals surface area contributed by atoms with E-state index in [1.807, 2.05) is 51.8 Å². The Morgan fingerprint density at radius 1 is 1.09 bits per heavy atom. The summed E-state index contributed by atoms with van der Waals surface area (Å²) in [6, 6.07) is 3.76. The van der Waals surface area contributed by atoms with E-state index in [2.05, 4.69) is 0 Å². The normalized spacial score (nSPS) is 12.8. The van der Waals surface area contributed by atoms with Gasteiger partial charge in [0.25, 0.3) is 0 Å². The minimum absolute atomic E-state index is 0.0336. The number of nitrogens with zero attached hydrogens (tertiary/aromatic N) is 3. The van der Waals surface area contributed by atoms with Crippen molar-refractivity contribution in [2.75, 3.05) is 40.8 Å². The van der Waals surface area contributed by atoms with E-state index in [1.165, 1.54) is 4.57 Å². The number of rotatable bonds is 8. The Morgan fingerprint density at radius 3 is 2.28 bits per heavy atom. The first-order valence-corrected chi connectivity index (χ1v) is 10.6. The number of aromatic nitrogens is 1. The Labute approximate surface area is 187 Å². The Bertz CT molecular complexity index is 932. The van der Waals surface area contributed by atoms with Crippen LogP contribution in [0.1, 0.15) is 38.3 Å². The van der Waals surface area contributed by atoms with Gasteiger partial charge >= 0.3 is 12.3 Å². The first kappa shape index (κ1) is 26.0. The number of carbonyl (C=O) groups is 1. The summed E-state index contributed by atoms with van der Waals surface area (Å²) in [5, 5.41) is 0.880. The molecular weight excluding hydrogens is 423 g/mol. The van der Waals surface area contributed by atoms with Gasteiger partial charge in [-0.1, -0.05) is 0 Å². The van der Waals surface area contributed by atoms with Crippen LogP contribution in [-0.4, -0.2) is 73.1 Å². The van der Waals surface area contributed by atoms with E-state index < -0.39 is 24.3 Å². The third-order valence-electron chi connectivity index (χ3n) is 5.11. The summed E-state index contributed by atoms with van der Waals surface area (Å²) in [7, 11) is 5.19. The van der Waals surface area contributed by atoms with Crippen LogP contribution in [-0.2, 0) is 11.3 Å². The van der Waals surface area contributed by atoms with E-state index in [-0.39, 0.29) is 6.54 Å². The maximum atomic E-state index is 12.7. The van der Waals surface area contributed by atoms with Gasteiger partial charge in [-0.2, -0.15) is 13.2 Å². The van der Waals surface area contributed by atoms with Crippen LogP contribution in [0.4, 0.5) is 18.0 Å². The summed E-state index contributed by atoms with van der Waals surface area (Å²) in [4.78, 5) is 16.4. The Hall–Kier alpha value is -2.26. The average molecular weight is 458 g/mol. The van der Waals surface area contributed by atoms with Crippen LogP contribution in [0.5, 0.6) is 5.75 Å². The number of carbonyl (C=O) groups excluding carboxylic acids is 1. The van der Waals surface area contributed by atoms with Crippen LogP contribution < -0.4 is 4.74 Å². The highest BCUT2D eigenvalue weighted by atomic mass is 19.4. The first-order valence-electron chi connectivity index (χ1n) is 10.6. The van der Waals surface area contributed by atoms with Crippen LogP contribution in [0.25, 0.3) is 10.9 Å². The zero-order valence-electron chi connectivity index (χ0n) is 20.0. The maximum absolute atomic E-state index is 12.7. The first-order chi connectivity index (χ1) is 14.7. The lowest BCUT2D eigenvalue weighted by Gasteiger charge is -2.24. The lowest BCUT2D eigenvalue weighted by molar-refractivity contribution is -0.137. The second-order valence-corrected chi connectivity index (χ2v) is 9.21. The van der Waals surface area contributed by atoms with Crippen molar-refractivity contribution in [2.45, 2.75) is 52.4 Å². The van der Waals surface area contributed by atoms with Gasteiger partial charge < -0.3 is 19.3 Å². The molecular formula is C23H34F3N3O3. The number of hydrogen-bond donors (Lipinski definition) is 0. The van der Waals surface area contributed by atoms with Crippen molar-refractivity contribution < 1.29 is 27.4 Å². The lowest BCUT2D eigenvalue weighted by Crippen LogP contribution is -2.32. The van der Waals surface area contributed by atoms with Crippen molar-refractivity contribution in [3.8, 4) is 5.75 Å². The molecule has 0 saturated carbocycles. The standard InChI is InChI=1S/C23H34F3N3O3/c1-16-14-19(31-7)18(15-28(6)13-12-27(5)11-9-23(24,25)26)17-8-10-29(20(16)17)21(30)32-22(2,3)4/h8,10,14H,9,11-13,15H2,1-7H3. The minimum atomic E-state index is -4.15. The number of halogens is 3. The van der Waals surface area contributed by atoms with Crippen LogP contribution >= 0.6 is 0 Å². The number of aryl methyl sites for hydroxylation is 1. The third-order valence-corrected chi connectivity index (χ3v) is 5.11. The molecule has 0 radical (unpaired) electrons. The molecule has 0 bridgehead atoms. The predicted molar refractivity (Wildman–Crippen MR) is 119 cm³/mol. The maximum Gasteiger partial charge on any atom is 0.419 e. The highest BCUT2D eigenvalue weighted by Gasteiger charge is 2.27. The number of benzene rings is 1. The van der Waals surface area contributed by atoms with Gasteiger partial charge in [-0.05, 0) is 59.5 Å². The topological polar surface area (TPSA) is 46.9 Å². The fraction of sp³-hybridized carbons (Fsp3) is 0.609. The van der Waals surface area contributed by atoms with Gasteiger partial charge in [-0.3, -0.25) is 4.57 Å². The Kier molecular flexibility index (Phi) is 8.22. The molecule has 0 aliphatic heterocycles. The molecule has 0 saturated heterocycles. The molecule has 0 aliphatic rings. The summed E-state index contributed by atoms with van der Waals surface area (Å²) < 4.78 is 49.9. The van der Waals surface area contributed by atoms with Gasteiger partial charge in [-0.25, -0.2) is 4.79 Å². The van der Waals surface area contributed by atoms with Gasteiger partial charge in [0.05, 0.1) is 19.0 Å². The molecule has 2 rings (SSSR count). The van der Waals surface area contributed by atoms with Crippen LogP contribution in [0, 0.1) is 6.92 Å². The van der Waals surface area contributed by atoms with Crippen molar-refractivity contribution in [2.24, 2.45) is 0 Å². The minimum Gasteiger partial charge on any atom is -0.496 e. The highest BCUT2D eigenvalue weighted by Crippen LogP contribution is 2.33. The van der Waals surface area contributed by atoms with Gasteiger partial charge in [-0.15, -0.1) is 0 Å². The van der Waals surface area contributed by atoms with Crippen LogP contribution in [0.2, 0.25) is 0 Å². The summed E-state index contributed by atoms with van der Waals surface area (Å²) in [5.74, 6) is 0.703. The molecule has 0 N–H and O–H groups in total. The molecule has 0 fully saturated rings. The van der Waals surface area contributed by atoms with E-state index in [0.29, 0.717) is 25.4 Å². The van der Waals surface area contributed by atoms with E-state index >= 15 is 0 Å². The molecule has 1 aromatic heterocycles. The van der Waals surface area contributed by atoms with Gasteiger partial charge in [0.2, 0.25) is 0 Å². The molecule has 0 atom stereocenters.